The number of pyridine rings is 1. The first kappa shape index (κ1) is 20.2. The summed E-state index contributed by atoms with van der Waals surface area (Å²) >= 11 is 0. The van der Waals surface area contributed by atoms with Gasteiger partial charge in [0, 0.05) is 24.7 Å². The molecule has 3 aromatic rings. The molecule has 0 aliphatic carbocycles. The molecule has 0 bridgehead atoms. The number of carbonyl (C=O) groups is 1. The van der Waals surface area contributed by atoms with Gasteiger partial charge in [0.1, 0.15) is 11.5 Å². The van der Waals surface area contributed by atoms with Gasteiger partial charge in [0.2, 0.25) is 11.2 Å². The van der Waals surface area contributed by atoms with E-state index in [9.17, 15) is 19.5 Å². The van der Waals surface area contributed by atoms with Crippen LogP contribution < -0.4 is 15.7 Å². The lowest BCUT2D eigenvalue weighted by Gasteiger charge is -2.18. The topological polar surface area (TPSA) is 108 Å². The highest BCUT2D eigenvalue weighted by molar-refractivity contribution is 5.82. The zero-order valence-electron chi connectivity index (χ0n) is 16.5. The first-order chi connectivity index (χ1) is 13.8. The number of methoxy groups -OCH3 is 2. The molecule has 29 heavy (non-hydrogen) atoms. The van der Waals surface area contributed by atoms with Gasteiger partial charge in [-0.25, -0.2) is 0 Å². The van der Waals surface area contributed by atoms with Crippen molar-refractivity contribution >= 4 is 16.9 Å². The quantitative estimate of drug-likeness (QED) is 0.655. The lowest BCUT2D eigenvalue weighted by Crippen LogP contribution is -2.26. The summed E-state index contributed by atoms with van der Waals surface area (Å²) in [5, 5.41) is 11.0. The van der Waals surface area contributed by atoms with Crippen molar-refractivity contribution in [3.05, 3.63) is 68.0 Å². The minimum absolute atomic E-state index is 0.148. The van der Waals surface area contributed by atoms with E-state index in [4.69, 9.17) is 13.9 Å². The number of aromatic hydroxyl groups is 1. The molecule has 2 aromatic heterocycles. The number of esters is 1. The van der Waals surface area contributed by atoms with Gasteiger partial charge >= 0.3 is 5.97 Å². The van der Waals surface area contributed by atoms with Gasteiger partial charge in [0.15, 0.2) is 5.76 Å². The van der Waals surface area contributed by atoms with Crippen LogP contribution in [0.2, 0.25) is 0 Å². The number of fused-ring (bicyclic) bond motifs is 1. The van der Waals surface area contributed by atoms with Gasteiger partial charge in [-0.3, -0.25) is 14.4 Å². The predicted octanol–water partition coefficient (Wildman–Crippen LogP) is 2.21. The van der Waals surface area contributed by atoms with E-state index in [0.717, 1.165) is 6.07 Å². The molecule has 3 rings (SSSR count). The van der Waals surface area contributed by atoms with Gasteiger partial charge < -0.3 is 23.6 Å². The predicted molar refractivity (Wildman–Crippen MR) is 106 cm³/mol. The number of carbonyl (C=O) groups excluding carboxylic acids is 1. The molecule has 8 nitrogen and oxygen atoms in total. The molecule has 152 valence electrons. The molecule has 0 saturated carbocycles. The van der Waals surface area contributed by atoms with E-state index in [-0.39, 0.29) is 23.5 Å². The molecule has 8 heteroatoms. The van der Waals surface area contributed by atoms with Crippen LogP contribution in [0.5, 0.6) is 11.5 Å². The molecular formula is C21H21NO7. The van der Waals surface area contributed by atoms with Gasteiger partial charge in [0.25, 0.3) is 5.56 Å². The monoisotopic (exact) mass is 399 g/mol. The summed E-state index contributed by atoms with van der Waals surface area (Å²) in [4.78, 5) is 37.2. The first-order valence-electron chi connectivity index (χ1n) is 8.85. The molecule has 0 aliphatic heterocycles. The highest BCUT2D eigenvalue weighted by Crippen LogP contribution is 2.33. The second-order valence-corrected chi connectivity index (χ2v) is 6.66. The van der Waals surface area contributed by atoms with Crippen molar-refractivity contribution in [1.29, 1.82) is 0 Å². The van der Waals surface area contributed by atoms with Crippen molar-refractivity contribution < 1.29 is 23.8 Å². The summed E-state index contributed by atoms with van der Waals surface area (Å²) in [6.07, 6.45) is -0.284. The standard InChI is InChI=1S/C21H21NO7/c1-11-7-17(23)19(25)20(29-11)14(10-18(24)28-4)15-8-12-5-6-13(27-3)9-16(12)22(2)21(15)26/h5-9,14,25H,10H2,1-4H3. The fourth-order valence-electron chi connectivity index (χ4n) is 3.30. The molecule has 0 amide bonds. The van der Waals surface area contributed by atoms with Crippen molar-refractivity contribution in [3.63, 3.8) is 0 Å². The molecule has 0 aliphatic rings. The molecule has 1 N–H and O–H groups in total. The SMILES string of the molecule is COC(=O)CC(c1oc(C)cc(=O)c1O)c1cc2ccc(OC)cc2n(C)c1=O. The summed E-state index contributed by atoms with van der Waals surface area (Å²) in [6.45, 7) is 1.55. The Labute approximate surface area is 165 Å². The average Bonchev–Trinajstić information content (AvgIpc) is 2.71. The summed E-state index contributed by atoms with van der Waals surface area (Å²) < 4.78 is 16.9. The second-order valence-electron chi connectivity index (χ2n) is 6.66. The summed E-state index contributed by atoms with van der Waals surface area (Å²) in [7, 11) is 4.34. The fourth-order valence-corrected chi connectivity index (χ4v) is 3.30. The molecule has 2 heterocycles. The molecule has 0 fully saturated rings. The lowest BCUT2D eigenvalue weighted by molar-refractivity contribution is -0.140. The number of aromatic nitrogens is 1. The van der Waals surface area contributed by atoms with Gasteiger partial charge in [0.05, 0.1) is 32.1 Å². The van der Waals surface area contributed by atoms with Crippen LogP contribution in [-0.2, 0) is 16.6 Å². The highest BCUT2D eigenvalue weighted by atomic mass is 16.5. The van der Waals surface area contributed by atoms with Crippen LogP contribution in [0, 0.1) is 6.92 Å². The van der Waals surface area contributed by atoms with Crippen molar-refractivity contribution in [2.75, 3.05) is 14.2 Å². The van der Waals surface area contributed by atoms with E-state index in [0.29, 0.717) is 16.7 Å². The maximum absolute atomic E-state index is 13.1. The zero-order chi connectivity index (χ0) is 21.3. The van der Waals surface area contributed by atoms with Gasteiger partial charge in [-0.05, 0) is 30.5 Å². The van der Waals surface area contributed by atoms with E-state index in [2.05, 4.69) is 0 Å². The molecule has 1 unspecified atom stereocenters. The van der Waals surface area contributed by atoms with Crippen LogP contribution in [0.1, 0.15) is 29.4 Å². The minimum Gasteiger partial charge on any atom is -0.502 e. The van der Waals surface area contributed by atoms with E-state index in [1.807, 2.05) is 0 Å². The molecule has 0 saturated heterocycles. The Hall–Kier alpha value is -3.55. The van der Waals surface area contributed by atoms with E-state index < -0.39 is 28.6 Å². The number of hydrogen-bond acceptors (Lipinski definition) is 7. The third kappa shape index (κ3) is 3.73. The van der Waals surface area contributed by atoms with E-state index >= 15 is 0 Å². The maximum atomic E-state index is 13.1. The summed E-state index contributed by atoms with van der Waals surface area (Å²) in [5.74, 6) is -1.56. The number of ether oxygens (including phenoxy) is 2. The smallest absolute Gasteiger partial charge is 0.306 e. The van der Waals surface area contributed by atoms with Gasteiger partial charge in [-0.1, -0.05) is 0 Å². The minimum atomic E-state index is -1.000. The van der Waals surface area contributed by atoms with E-state index in [1.54, 1.807) is 38.2 Å². The number of rotatable bonds is 5. The Morgan fingerprint density at radius 1 is 1.21 bits per heavy atom. The van der Waals surface area contributed by atoms with Gasteiger partial charge in [-0.15, -0.1) is 0 Å². The van der Waals surface area contributed by atoms with Crippen molar-refractivity contribution in [3.8, 4) is 11.5 Å². The van der Waals surface area contributed by atoms with Crippen molar-refractivity contribution in [1.82, 2.24) is 4.57 Å². The number of nitrogens with zero attached hydrogens (tertiary/aromatic N) is 1. The average molecular weight is 399 g/mol. The largest absolute Gasteiger partial charge is 0.502 e. The molecule has 1 aromatic carbocycles. The number of aryl methyl sites for hydroxylation is 2. The maximum Gasteiger partial charge on any atom is 0.306 e. The highest BCUT2D eigenvalue weighted by Gasteiger charge is 2.29. The molecule has 0 spiro atoms. The summed E-state index contributed by atoms with van der Waals surface area (Å²) in [5.41, 5.74) is -0.228. The number of hydrogen-bond donors (Lipinski definition) is 1. The fraction of sp³-hybridized carbons (Fsp3) is 0.286. The zero-order valence-corrected chi connectivity index (χ0v) is 16.5. The Balaban J connectivity index is 2.30. The Bertz CT molecular complexity index is 1210. The number of benzene rings is 1. The van der Waals surface area contributed by atoms with Crippen LogP contribution in [0.3, 0.4) is 0 Å². The lowest BCUT2D eigenvalue weighted by atomic mass is 9.92. The van der Waals surface area contributed by atoms with Crippen LogP contribution in [0.25, 0.3) is 10.9 Å². The van der Waals surface area contributed by atoms with Crippen molar-refractivity contribution in [2.24, 2.45) is 7.05 Å². The third-order valence-corrected chi connectivity index (χ3v) is 4.82. The second kappa shape index (κ2) is 7.83. The summed E-state index contributed by atoms with van der Waals surface area (Å²) in [6, 6.07) is 8.00. The normalized spacial score (nSPS) is 12.0. The Morgan fingerprint density at radius 3 is 2.59 bits per heavy atom. The molecule has 1 atom stereocenters. The molecule has 0 radical (unpaired) electrons. The Kier molecular flexibility index (Phi) is 5.45. The first-order valence-corrected chi connectivity index (χ1v) is 8.85. The van der Waals surface area contributed by atoms with Crippen LogP contribution in [0.4, 0.5) is 0 Å². The van der Waals surface area contributed by atoms with Crippen molar-refractivity contribution in [2.45, 2.75) is 19.3 Å². The Morgan fingerprint density at radius 2 is 1.93 bits per heavy atom. The third-order valence-electron chi connectivity index (χ3n) is 4.82. The van der Waals surface area contributed by atoms with E-state index in [1.165, 1.54) is 18.8 Å². The molecular weight excluding hydrogens is 378 g/mol. The van der Waals surface area contributed by atoms with Gasteiger partial charge in [-0.2, -0.15) is 0 Å². The van der Waals surface area contributed by atoms with Crippen LogP contribution >= 0.6 is 0 Å². The van der Waals surface area contributed by atoms with Crippen LogP contribution in [0.15, 0.2) is 44.3 Å². The van der Waals surface area contributed by atoms with Crippen LogP contribution in [-0.4, -0.2) is 29.9 Å².